The van der Waals surface area contributed by atoms with E-state index < -0.39 is 0 Å². The van der Waals surface area contributed by atoms with Gasteiger partial charge in [-0.2, -0.15) is 10.2 Å². The lowest BCUT2D eigenvalue weighted by Gasteiger charge is -2.49. The Morgan fingerprint density at radius 1 is 1.11 bits per heavy atom. The van der Waals surface area contributed by atoms with Crippen LogP contribution >= 0.6 is 0 Å². The van der Waals surface area contributed by atoms with E-state index in [1.165, 1.54) is 11.7 Å². The second-order valence-corrected chi connectivity index (χ2v) is 9.22. The molecule has 1 fully saturated rings. The van der Waals surface area contributed by atoms with Gasteiger partial charge in [0.2, 0.25) is 0 Å². The van der Waals surface area contributed by atoms with Crippen LogP contribution < -0.4 is 10.6 Å². The molecule has 1 unspecified atom stereocenters. The van der Waals surface area contributed by atoms with E-state index in [4.69, 9.17) is 4.74 Å². The molecule has 36 heavy (non-hydrogen) atoms. The second kappa shape index (κ2) is 10.5. The summed E-state index contributed by atoms with van der Waals surface area (Å²) in [4.78, 5) is 38.2. The average Bonchev–Trinajstić information content (AvgIpc) is 2.93. The van der Waals surface area contributed by atoms with E-state index >= 15 is 0 Å². The Balaban J connectivity index is 1.70. The predicted molar refractivity (Wildman–Crippen MR) is 138 cm³/mol. The van der Waals surface area contributed by atoms with Gasteiger partial charge < -0.3 is 9.64 Å². The van der Waals surface area contributed by atoms with Gasteiger partial charge in [-0.05, 0) is 49.6 Å². The first-order valence-corrected chi connectivity index (χ1v) is 12.3. The molecule has 1 aliphatic heterocycles. The molecule has 0 amide bonds. The van der Waals surface area contributed by atoms with Crippen molar-refractivity contribution >= 4 is 22.8 Å². The van der Waals surface area contributed by atoms with E-state index in [0.29, 0.717) is 34.7 Å². The maximum atomic E-state index is 12.7. The van der Waals surface area contributed by atoms with Crippen molar-refractivity contribution in [3.63, 3.8) is 0 Å². The lowest BCUT2D eigenvalue weighted by molar-refractivity contribution is 0.0600. The molecule has 3 heterocycles. The van der Waals surface area contributed by atoms with Crippen molar-refractivity contribution < 1.29 is 9.53 Å². The number of hydrogen-bond donors (Lipinski definition) is 0. The molecule has 0 spiro atoms. The fourth-order valence-corrected chi connectivity index (χ4v) is 5.10. The molecule has 0 aliphatic carbocycles. The number of carbonyl (C=O) groups excluding carboxylic acids is 1. The number of benzene rings is 1. The minimum absolute atomic E-state index is 0.111. The number of rotatable bonds is 6. The number of fused-ring (bicyclic) bond motifs is 1. The number of nitrogens with zero attached hydrogens (tertiary/aromatic N) is 6. The van der Waals surface area contributed by atoms with Crippen molar-refractivity contribution in [1.82, 2.24) is 19.4 Å². The number of piperazine rings is 1. The first-order chi connectivity index (χ1) is 17.3. The van der Waals surface area contributed by atoms with Gasteiger partial charge in [0.25, 0.3) is 0 Å². The Hall–Kier alpha value is -3.77. The number of esters is 1. The Bertz CT molecular complexity index is 1360. The lowest BCUT2D eigenvalue weighted by Crippen LogP contribution is -2.59. The van der Waals surface area contributed by atoms with Crippen molar-refractivity contribution in [2.45, 2.75) is 51.7 Å². The summed E-state index contributed by atoms with van der Waals surface area (Å²) in [6.45, 7) is 7.95. The molecule has 9 heteroatoms. The van der Waals surface area contributed by atoms with Gasteiger partial charge in [-0.1, -0.05) is 26.0 Å². The first kappa shape index (κ1) is 25.3. The smallest absolute Gasteiger partial charge is 0.349 e. The van der Waals surface area contributed by atoms with E-state index in [-0.39, 0.29) is 29.8 Å². The van der Waals surface area contributed by atoms with Gasteiger partial charge >= 0.3 is 11.7 Å². The maximum Gasteiger partial charge on any atom is 0.349 e. The number of hydrogen-bond acceptors (Lipinski definition) is 8. The van der Waals surface area contributed by atoms with E-state index in [1.807, 2.05) is 12.1 Å². The topological polar surface area (TPSA) is 104 Å². The van der Waals surface area contributed by atoms with Crippen molar-refractivity contribution in [2.75, 3.05) is 25.1 Å². The summed E-state index contributed by atoms with van der Waals surface area (Å²) < 4.78 is 6.30. The molecule has 0 N–H and O–H groups in total. The summed E-state index contributed by atoms with van der Waals surface area (Å²) in [5, 5.41) is 9.42. The van der Waals surface area contributed by atoms with Gasteiger partial charge in [0, 0.05) is 38.3 Å². The number of nitriles is 1. The molecule has 3 atom stereocenters. The highest BCUT2D eigenvalue weighted by molar-refractivity contribution is 5.89. The zero-order chi connectivity index (χ0) is 26.0. The summed E-state index contributed by atoms with van der Waals surface area (Å²) in [6, 6.07) is 13.5. The van der Waals surface area contributed by atoms with E-state index in [9.17, 15) is 14.9 Å². The fraction of sp³-hybridized carbons (Fsp3) is 0.444. The Kier molecular flexibility index (Phi) is 7.36. The summed E-state index contributed by atoms with van der Waals surface area (Å²) in [7, 11) is 3.05. The number of methoxy groups -OCH3 is 1. The van der Waals surface area contributed by atoms with Crippen LogP contribution in [0.4, 0.5) is 5.82 Å². The van der Waals surface area contributed by atoms with Crippen LogP contribution in [0, 0.1) is 11.3 Å². The van der Waals surface area contributed by atoms with E-state index in [2.05, 4.69) is 46.6 Å². The molecular formula is C27H32N6O3. The normalized spacial score (nSPS) is 19.2. The Morgan fingerprint density at radius 3 is 2.42 bits per heavy atom. The van der Waals surface area contributed by atoms with Crippen LogP contribution in [-0.2, 0) is 11.8 Å². The largest absolute Gasteiger partial charge is 0.465 e. The molecule has 188 valence electrons. The van der Waals surface area contributed by atoms with Gasteiger partial charge in [-0.25, -0.2) is 14.6 Å². The van der Waals surface area contributed by atoms with Crippen LogP contribution in [0.5, 0.6) is 0 Å². The highest BCUT2D eigenvalue weighted by Crippen LogP contribution is 2.33. The number of pyridine rings is 1. The van der Waals surface area contributed by atoms with Crippen molar-refractivity contribution in [1.29, 1.82) is 5.26 Å². The molecule has 0 saturated carbocycles. The molecule has 3 aromatic rings. The summed E-state index contributed by atoms with van der Waals surface area (Å²) in [5.74, 6) is 0.201. The standard InChI is InChI=1S/C27H32N6O3/c1-6-21-16-33(25-24-23(31(4)27(35)30-25)13-12-20(14-28)29-24)22(7-2)15-32(21)17(3)18-8-10-19(11-9-18)26(34)36-5/h8-13,17,21-22H,6-7,15-16H2,1-5H3/t17?,21-,22+/m1/s1. The predicted octanol–water partition coefficient (Wildman–Crippen LogP) is 3.43. The van der Waals surface area contributed by atoms with E-state index in [1.54, 1.807) is 31.3 Å². The number of carbonyl (C=O) groups is 1. The van der Waals surface area contributed by atoms with Crippen LogP contribution in [-0.4, -0.2) is 57.7 Å². The minimum atomic E-state index is -0.345. The van der Waals surface area contributed by atoms with Gasteiger partial charge in [-0.15, -0.1) is 0 Å². The molecule has 2 aromatic heterocycles. The molecule has 0 radical (unpaired) electrons. The summed E-state index contributed by atoms with van der Waals surface area (Å²) in [5.41, 5.74) is 2.85. The van der Waals surface area contributed by atoms with Crippen LogP contribution in [0.2, 0.25) is 0 Å². The SMILES string of the molecule is CC[C@H]1CN(C(C)c2ccc(C(=O)OC)cc2)[C@H](CC)CN1c1nc(=O)n(C)c2ccc(C#N)nc12. The van der Waals surface area contributed by atoms with Crippen LogP contribution in [0.15, 0.2) is 41.2 Å². The highest BCUT2D eigenvalue weighted by atomic mass is 16.5. The zero-order valence-electron chi connectivity index (χ0n) is 21.4. The highest BCUT2D eigenvalue weighted by Gasteiger charge is 2.36. The fourth-order valence-electron chi connectivity index (χ4n) is 5.10. The van der Waals surface area contributed by atoms with Crippen molar-refractivity contribution in [3.05, 3.63) is 63.7 Å². The molecule has 9 nitrogen and oxygen atoms in total. The monoisotopic (exact) mass is 488 g/mol. The van der Waals surface area contributed by atoms with Crippen LogP contribution in [0.1, 0.15) is 61.3 Å². The van der Waals surface area contributed by atoms with Crippen molar-refractivity contribution in [3.8, 4) is 6.07 Å². The van der Waals surface area contributed by atoms with Gasteiger partial charge in [-0.3, -0.25) is 9.47 Å². The number of anilines is 1. The Labute approximate surface area is 210 Å². The van der Waals surface area contributed by atoms with Crippen LogP contribution in [0.3, 0.4) is 0 Å². The minimum Gasteiger partial charge on any atom is -0.465 e. The van der Waals surface area contributed by atoms with Gasteiger partial charge in [0.05, 0.1) is 18.2 Å². The molecule has 1 aliphatic rings. The molecule has 1 aromatic carbocycles. The third kappa shape index (κ3) is 4.56. The van der Waals surface area contributed by atoms with E-state index in [0.717, 1.165) is 24.9 Å². The Morgan fingerprint density at radius 2 is 1.81 bits per heavy atom. The molecular weight excluding hydrogens is 456 g/mol. The number of ether oxygens (including phenoxy) is 1. The molecule has 4 rings (SSSR count). The van der Waals surface area contributed by atoms with Gasteiger partial charge in [0.1, 0.15) is 17.3 Å². The summed E-state index contributed by atoms with van der Waals surface area (Å²) >= 11 is 0. The van der Waals surface area contributed by atoms with Crippen LogP contribution in [0.25, 0.3) is 11.0 Å². The second-order valence-electron chi connectivity index (χ2n) is 9.22. The third-order valence-electron chi connectivity index (χ3n) is 7.32. The lowest BCUT2D eigenvalue weighted by atomic mass is 9.96. The third-order valence-corrected chi connectivity index (χ3v) is 7.32. The average molecular weight is 489 g/mol. The number of aromatic nitrogens is 3. The zero-order valence-corrected chi connectivity index (χ0v) is 21.4. The van der Waals surface area contributed by atoms with Crippen molar-refractivity contribution in [2.24, 2.45) is 7.05 Å². The first-order valence-electron chi connectivity index (χ1n) is 12.3. The van der Waals surface area contributed by atoms with Gasteiger partial charge in [0.15, 0.2) is 5.82 Å². The summed E-state index contributed by atoms with van der Waals surface area (Å²) in [6.07, 6.45) is 1.77. The quantitative estimate of drug-likeness (QED) is 0.486. The number of aryl methyl sites for hydroxylation is 1. The maximum absolute atomic E-state index is 12.7. The molecule has 0 bridgehead atoms. The molecule has 1 saturated heterocycles.